The standard InChI is InChI=1S/C39H63NO11/c1-18-8-13-39(40-16-18)19(2)28-26(51-39)15-25-23-7-6-21-14-22(9-11-37(21,4)24(23)10-12-38(25,28)5)48-35-33(46)31(44)34(20(3)47-35)50-36-32(45)30(43)29(42)27(17-41)49-36/h6,18-20,22-36,40-46H,7-17H2,1-5H3/t18-,19-,20+,22+,23-,24-,25+,26-,27+,28-,29+,30-,31+,32+,33+,34+,35-,36-,37+,38-,39+/m1/s1. The first-order chi connectivity index (χ1) is 24.2. The van der Waals surface area contributed by atoms with Crippen molar-refractivity contribution in [2.75, 3.05) is 13.2 Å². The van der Waals surface area contributed by atoms with E-state index in [1.165, 1.54) is 31.3 Å². The van der Waals surface area contributed by atoms with Gasteiger partial charge in [-0.05, 0) is 105 Å². The number of aliphatic hydroxyl groups is 6. The highest BCUT2D eigenvalue weighted by molar-refractivity contribution is 5.26. The lowest BCUT2D eigenvalue weighted by Gasteiger charge is -2.59. The summed E-state index contributed by atoms with van der Waals surface area (Å²) in [4.78, 5) is 0. The summed E-state index contributed by atoms with van der Waals surface area (Å²) in [6.07, 6.45) is -0.798. The van der Waals surface area contributed by atoms with E-state index in [-0.39, 0.29) is 17.2 Å². The van der Waals surface area contributed by atoms with Crippen LogP contribution in [0.25, 0.3) is 0 Å². The maximum Gasteiger partial charge on any atom is 0.187 e. The summed E-state index contributed by atoms with van der Waals surface area (Å²) in [7, 11) is 0. The van der Waals surface area contributed by atoms with Crippen LogP contribution < -0.4 is 5.32 Å². The Labute approximate surface area is 302 Å². The molecule has 0 amide bonds. The van der Waals surface area contributed by atoms with Gasteiger partial charge in [0, 0.05) is 12.5 Å². The molecule has 4 saturated heterocycles. The molecule has 8 rings (SSSR count). The lowest BCUT2D eigenvalue weighted by Crippen LogP contribution is -2.64. The summed E-state index contributed by atoms with van der Waals surface area (Å²) in [5.74, 6) is 3.80. The van der Waals surface area contributed by atoms with Gasteiger partial charge in [0.05, 0.1) is 24.9 Å². The Bertz CT molecular complexity index is 1310. The molecule has 0 radical (unpaired) electrons. The number of fused-ring (bicyclic) bond motifs is 7. The molecule has 7 N–H and O–H groups in total. The number of rotatable bonds is 5. The predicted octanol–water partition coefficient (Wildman–Crippen LogP) is 1.96. The molecular formula is C39H63NO11. The van der Waals surface area contributed by atoms with Crippen LogP contribution in [0.15, 0.2) is 11.6 Å². The molecule has 51 heavy (non-hydrogen) atoms. The number of nitrogens with one attached hydrogen (secondary N) is 1. The Balaban J connectivity index is 0.902. The second-order valence-corrected chi connectivity index (χ2v) is 18.4. The van der Waals surface area contributed by atoms with E-state index in [1.54, 1.807) is 6.92 Å². The minimum atomic E-state index is -1.63. The molecule has 4 aliphatic heterocycles. The normalized spacial score (nSPS) is 58.4. The predicted molar refractivity (Wildman–Crippen MR) is 184 cm³/mol. The lowest BCUT2D eigenvalue weighted by atomic mass is 9.47. The van der Waals surface area contributed by atoms with Gasteiger partial charge in [0.2, 0.25) is 0 Å². The highest BCUT2D eigenvalue weighted by Gasteiger charge is 2.68. The minimum absolute atomic E-state index is 0.111. The summed E-state index contributed by atoms with van der Waals surface area (Å²) in [5, 5.41) is 66.4. The van der Waals surface area contributed by atoms with Gasteiger partial charge >= 0.3 is 0 Å². The van der Waals surface area contributed by atoms with Crippen LogP contribution in [0.5, 0.6) is 0 Å². The summed E-state index contributed by atoms with van der Waals surface area (Å²) in [6.45, 7) is 12.0. The zero-order chi connectivity index (χ0) is 36.2. The van der Waals surface area contributed by atoms with Gasteiger partial charge in [0.15, 0.2) is 12.6 Å². The summed E-state index contributed by atoms with van der Waals surface area (Å²) < 4.78 is 30.8. The fraction of sp³-hybridized carbons (Fsp3) is 0.949. The van der Waals surface area contributed by atoms with Crippen LogP contribution in [0.3, 0.4) is 0 Å². The molecule has 12 nitrogen and oxygen atoms in total. The summed E-state index contributed by atoms with van der Waals surface area (Å²) in [6, 6.07) is 0. The van der Waals surface area contributed by atoms with E-state index in [1.807, 2.05) is 0 Å². The lowest BCUT2D eigenvalue weighted by molar-refractivity contribution is -0.359. The second-order valence-electron chi connectivity index (χ2n) is 18.4. The maximum atomic E-state index is 11.1. The quantitative estimate of drug-likeness (QED) is 0.206. The van der Waals surface area contributed by atoms with E-state index in [4.69, 9.17) is 23.7 Å². The fourth-order valence-electron chi connectivity index (χ4n) is 12.8. The Hall–Kier alpha value is -0.740. The molecule has 3 saturated carbocycles. The van der Waals surface area contributed by atoms with Crippen molar-refractivity contribution in [1.29, 1.82) is 0 Å². The van der Waals surface area contributed by atoms with Crippen LogP contribution in [-0.4, -0.2) is 123 Å². The average molecular weight is 722 g/mol. The average Bonchev–Trinajstić information content (AvgIpc) is 3.55. The molecule has 0 unspecified atom stereocenters. The molecule has 0 aromatic carbocycles. The molecule has 4 heterocycles. The molecule has 8 aliphatic rings. The molecule has 4 aliphatic carbocycles. The van der Waals surface area contributed by atoms with Gasteiger partial charge in [-0.2, -0.15) is 0 Å². The highest BCUT2D eigenvalue weighted by Crippen LogP contribution is 2.70. The van der Waals surface area contributed by atoms with Gasteiger partial charge in [-0.3, -0.25) is 5.32 Å². The van der Waals surface area contributed by atoms with Crippen LogP contribution in [0, 0.1) is 46.3 Å². The third-order valence-corrected chi connectivity index (χ3v) is 15.8. The zero-order valence-electron chi connectivity index (χ0n) is 31.0. The van der Waals surface area contributed by atoms with Crippen molar-refractivity contribution in [3.8, 4) is 0 Å². The SMILES string of the molecule is C[C@@H]1CC[C@]2(NC1)O[C@@H]1C[C@H]3[C@@H]4CC=C5C[C@@H](O[C@H]6O[C@@H](C)[C@H](O[C@H]7O[C@@H](CO)[C@H](O)[C@@H](O)[C@@H]7O)[C@@H](O)[C@@H]6O)CC[C@]5(C)[C@@H]4CC[C@@]3(C)[C@@H]1[C@H]2C. The van der Waals surface area contributed by atoms with Gasteiger partial charge in [0.1, 0.15) is 48.5 Å². The van der Waals surface area contributed by atoms with Crippen LogP contribution in [-0.2, 0) is 23.7 Å². The molecule has 290 valence electrons. The molecule has 1 spiro atoms. The van der Waals surface area contributed by atoms with E-state index in [9.17, 15) is 30.6 Å². The second kappa shape index (κ2) is 13.5. The monoisotopic (exact) mass is 721 g/mol. The van der Waals surface area contributed by atoms with Crippen molar-refractivity contribution in [3.63, 3.8) is 0 Å². The Morgan fingerprint density at radius 2 is 1.59 bits per heavy atom. The number of ether oxygens (including phenoxy) is 5. The molecule has 7 fully saturated rings. The van der Waals surface area contributed by atoms with Gasteiger partial charge in [-0.1, -0.05) is 39.3 Å². The van der Waals surface area contributed by atoms with Crippen LogP contribution in [0.1, 0.15) is 92.4 Å². The van der Waals surface area contributed by atoms with Crippen LogP contribution >= 0.6 is 0 Å². The topological polar surface area (TPSA) is 180 Å². The first-order valence-corrected chi connectivity index (χ1v) is 20.0. The first kappa shape index (κ1) is 37.2. The van der Waals surface area contributed by atoms with Crippen LogP contribution in [0.4, 0.5) is 0 Å². The smallest absolute Gasteiger partial charge is 0.187 e. The number of hydrogen-bond donors (Lipinski definition) is 7. The van der Waals surface area contributed by atoms with Gasteiger partial charge in [-0.25, -0.2) is 0 Å². The van der Waals surface area contributed by atoms with E-state index in [2.05, 4.69) is 39.1 Å². The fourth-order valence-corrected chi connectivity index (χ4v) is 12.8. The largest absolute Gasteiger partial charge is 0.394 e. The first-order valence-electron chi connectivity index (χ1n) is 20.0. The van der Waals surface area contributed by atoms with E-state index >= 15 is 0 Å². The van der Waals surface area contributed by atoms with Crippen molar-refractivity contribution in [3.05, 3.63) is 11.6 Å². The summed E-state index contributed by atoms with van der Waals surface area (Å²) >= 11 is 0. The van der Waals surface area contributed by atoms with Gasteiger partial charge < -0.3 is 54.3 Å². The molecule has 0 aromatic rings. The third kappa shape index (κ3) is 5.84. The maximum absolute atomic E-state index is 11.1. The molecule has 12 heteroatoms. The van der Waals surface area contributed by atoms with Crippen molar-refractivity contribution in [1.82, 2.24) is 5.32 Å². The Morgan fingerprint density at radius 1 is 0.843 bits per heavy atom. The third-order valence-electron chi connectivity index (χ3n) is 15.8. The Kier molecular flexibility index (Phi) is 9.83. The molecule has 0 bridgehead atoms. The molecule has 0 aromatic heterocycles. The number of allylic oxidation sites excluding steroid dienone is 1. The van der Waals surface area contributed by atoms with Gasteiger partial charge in [-0.15, -0.1) is 0 Å². The van der Waals surface area contributed by atoms with Crippen molar-refractivity contribution < 1.29 is 54.3 Å². The van der Waals surface area contributed by atoms with E-state index < -0.39 is 68.0 Å². The van der Waals surface area contributed by atoms with Crippen molar-refractivity contribution >= 4 is 0 Å². The van der Waals surface area contributed by atoms with Crippen molar-refractivity contribution in [2.24, 2.45) is 46.3 Å². The highest BCUT2D eigenvalue weighted by atomic mass is 16.7. The van der Waals surface area contributed by atoms with Crippen molar-refractivity contribution in [2.45, 2.75) is 172 Å². The van der Waals surface area contributed by atoms with E-state index in [0.29, 0.717) is 47.0 Å². The number of aliphatic hydroxyl groups excluding tert-OH is 6. The van der Waals surface area contributed by atoms with Gasteiger partial charge in [0.25, 0.3) is 0 Å². The number of hydrogen-bond acceptors (Lipinski definition) is 12. The molecule has 21 atom stereocenters. The summed E-state index contributed by atoms with van der Waals surface area (Å²) in [5.41, 5.74) is 1.73. The minimum Gasteiger partial charge on any atom is -0.394 e. The Morgan fingerprint density at radius 3 is 2.31 bits per heavy atom. The zero-order valence-corrected chi connectivity index (χ0v) is 31.0. The van der Waals surface area contributed by atoms with Crippen LogP contribution in [0.2, 0.25) is 0 Å². The molecular weight excluding hydrogens is 658 g/mol. The van der Waals surface area contributed by atoms with E-state index in [0.717, 1.165) is 38.6 Å². The number of piperidine rings is 1.